The van der Waals surface area contributed by atoms with Crippen LogP contribution in [0.3, 0.4) is 0 Å². The standard InChI is InChI=1S/C21H18ClN3O3/c1-13(26)14-3-5-15(6-4-14)24-17-7-9-19(23-12-17)21(27)25-16-8-10-20(28-2)18(22)11-16/h3-12,24H,1-2H3,(H,25,27). The van der Waals surface area contributed by atoms with E-state index in [0.717, 1.165) is 11.4 Å². The highest BCUT2D eigenvalue weighted by atomic mass is 35.5. The third kappa shape index (κ3) is 4.66. The molecule has 0 saturated heterocycles. The van der Waals surface area contributed by atoms with E-state index >= 15 is 0 Å². The number of nitrogens with zero attached hydrogens (tertiary/aromatic N) is 1. The maximum atomic E-state index is 12.4. The molecule has 0 aliphatic carbocycles. The van der Waals surface area contributed by atoms with E-state index in [1.54, 1.807) is 48.7 Å². The Kier molecular flexibility index (Phi) is 5.91. The van der Waals surface area contributed by atoms with Crippen molar-refractivity contribution in [2.45, 2.75) is 6.92 Å². The summed E-state index contributed by atoms with van der Waals surface area (Å²) in [6, 6.07) is 15.5. The van der Waals surface area contributed by atoms with Gasteiger partial charge >= 0.3 is 0 Å². The molecule has 0 radical (unpaired) electrons. The molecule has 3 rings (SSSR count). The third-order valence-corrected chi connectivity index (χ3v) is 4.28. The number of aromatic nitrogens is 1. The second kappa shape index (κ2) is 8.54. The number of ether oxygens (including phenoxy) is 1. The lowest BCUT2D eigenvalue weighted by atomic mass is 10.1. The number of rotatable bonds is 6. The summed E-state index contributed by atoms with van der Waals surface area (Å²) in [6.45, 7) is 1.52. The number of hydrogen-bond acceptors (Lipinski definition) is 5. The predicted molar refractivity (Wildman–Crippen MR) is 110 cm³/mol. The SMILES string of the molecule is COc1ccc(NC(=O)c2ccc(Nc3ccc(C(C)=O)cc3)cn2)cc1Cl. The highest BCUT2D eigenvalue weighted by Crippen LogP contribution is 2.27. The van der Waals surface area contributed by atoms with Gasteiger partial charge in [-0.15, -0.1) is 0 Å². The molecule has 142 valence electrons. The Bertz CT molecular complexity index is 1000. The number of methoxy groups -OCH3 is 1. The van der Waals surface area contributed by atoms with Crippen molar-refractivity contribution in [3.8, 4) is 5.75 Å². The lowest BCUT2D eigenvalue weighted by Gasteiger charge is -2.09. The molecule has 1 heterocycles. The van der Waals surface area contributed by atoms with Crippen LogP contribution in [-0.4, -0.2) is 23.8 Å². The van der Waals surface area contributed by atoms with E-state index in [-0.39, 0.29) is 17.4 Å². The van der Waals surface area contributed by atoms with Gasteiger partial charge in [0.15, 0.2) is 5.78 Å². The first-order chi connectivity index (χ1) is 13.5. The van der Waals surface area contributed by atoms with Crippen LogP contribution in [0.15, 0.2) is 60.8 Å². The van der Waals surface area contributed by atoms with Crippen molar-refractivity contribution >= 4 is 40.4 Å². The van der Waals surface area contributed by atoms with Crippen LogP contribution in [-0.2, 0) is 0 Å². The number of carbonyl (C=O) groups is 2. The Balaban J connectivity index is 1.65. The fourth-order valence-electron chi connectivity index (χ4n) is 2.50. The van der Waals surface area contributed by atoms with E-state index in [1.807, 2.05) is 12.1 Å². The summed E-state index contributed by atoms with van der Waals surface area (Å²) < 4.78 is 5.09. The molecule has 0 aliphatic heterocycles. The quantitative estimate of drug-likeness (QED) is 0.577. The number of Topliss-reactive ketones (excluding diaryl/α,β-unsaturated/α-hetero) is 1. The van der Waals surface area contributed by atoms with Gasteiger partial charge in [0.2, 0.25) is 0 Å². The zero-order valence-corrected chi connectivity index (χ0v) is 16.1. The smallest absolute Gasteiger partial charge is 0.274 e. The maximum absolute atomic E-state index is 12.4. The molecule has 0 saturated carbocycles. The van der Waals surface area contributed by atoms with Crippen LogP contribution in [0.25, 0.3) is 0 Å². The number of nitrogens with one attached hydrogen (secondary N) is 2. The molecule has 28 heavy (non-hydrogen) atoms. The monoisotopic (exact) mass is 395 g/mol. The lowest BCUT2D eigenvalue weighted by molar-refractivity contribution is 0.101. The summed E-state index contributed by atoms with van der Waals surface area (Å²) in [6.07, 6.45) is 1.56. The minimum atomic E-state index is -0.349. The van der Waals surface area contributed by atoms with Crippen LogP contribution >= 0.6 is 11.6 Å². The van der Waals surface area contributed by atoms with Gasteiger partial charge in [-0.25, -0.2) is 4.98 Å². The molecule has 7 heteroatoms. The highest BCUT2D eigenvalue weighted by molar-refractivity contribution is 6.32. The summed E-state index contributed by atoms with van der Waals surface area (Å²) in [5, 5.41) is 6.32. The number of ketones is 1. The predicted octanol–water partition coefficient (Wildman–Crippen LogP) is 4.94. The van der Waals surface area contributed by atoms with E-state index in [0.29, 0.717) is 22.0 Å². The Morgan fingerprint density at radius 1 is 0.964 bits per heavy atom. The van der Waals surface area contributed by atoms with E-state index in [9.17, 15) is 9.59 Å². The minimum Gasteiger partial charge on any atom is -0.495 e. The number of carbonyl (C=O) groups excluding carboxylic acids is 2. The van der Waals surface area contributed by atoms with E-state index in [1.165, 1.54) is 14.0 Å². The summed E-state index contributed by atoms with van der Waals surface area (Å²) in [7, 11) is 1.52. The topological polar surface area (TPSA) is 80.3 Å². The second-order valence-electron chi connectivity index (χ2n) is 5.99. The maximum Gasteiger partial charge on any atom is 0.274 e. The minimum absolute atomic E-state index is 0.0155. The van der Waals surface area contributed by atoms with Crippen molar-refractivity contribution in [3.05, 3.63) is 77.1 Å². The molecule has 0 atom stereocenters. The lowest BCUT2D eigenvalue weighted by Crippen LogP contribution is -2.13. The summed E-state index contributed by atoms with van der Waals surface area (Å²) >= 11 is 6.06. The molecular weight excluding hydrogens is 378 g/mol. The average Bonchev–Trinajstić information content (AvgIpc) is 2.69. The van der Waals surface area contributed by atoms with Crippen LogP contribution in [0.5, 0.6) is 5.75 Å². The summed E-state index contributed by atoms with van der Waals surface area (Å²) in [5.74, 6) is 0.199. The summed E-state index contributed by atoms with van der Waals surface area (Å²) in [5.41, 5.74) is 3.00. The van der Waals surface area contributed by atoms with Crippen molar-refractivity contribution in [1.29, 1.82) is 0 Å². The Morgan fingerprint density at radius 3 is 2.21 bits per heavy atom. The van der Waals surface area contributed by atoms with Crippen LogP contribution in [0.2, 0.25) is 5.02 Å². The number of anilines is 3. The van der Waals surface area contributed by atoms with E-state index < -0.39 is 0 Å². The fourth-order valence-corrected chi connectivity index (χ4v) is 2.75. The van der Waals surface area contributed by atoms with E-state index in [4.69, 9.17) is 16.3 Å². The Labute approximate surface area is 167 Å². The molecule has 0 unspecified atom stereocenters. The molecule has 0 aliphatic rings. The van der Waals surface area contributed by atoms with Gasteiger partial charge < -0.3 is 15.4 Å². The zero-order chi connectivity index (χ0) is 20.1. The van der Waals surface area contributed by atoms with Gasteiger partial charge in [-0.3, -0.25) is 9.59 Å². The van der Waals surface area contributed by atoms with Crippen LogP contribution < -0.4 is 15.4 Å². The van der Waals surface area contributed by atoms with Crippen molar-refractivity contribution in [2.75, 3.05) is 17.7 Å². The number of pyridine rings is 1. The molecule has 0 fully saturated rings. The summed E-state index contributed by atoms with van der Waals surface area (Å²) in [4.78, 5) is 27.9. The number of halogens is 1. The molecule has 1 aromatic heterocycles. The van der Waals surface area contributed by atoms with Crippen LogP contribution in [0, 0.1) is 0 Å². The molecule has 1 amide bonds. The Morgan fingerprint density at radius 2 is 1.64 bits per heavy atom. The van der Waals surface area contributed by atoms with Gasteiger partial charge in [-0.1, -0.05) is 11.6 Å². The van der Waals surface area contributed by atoms with Crippen LogP contribution in [0.1, 0.15) is 27.8 Å². The van der Waals surface area contributed by atoms with E-state index in [2.05, 4.69) is 15.6 Å². The molecular formula is C21H18ClN3O3. The van der Waals surface area contributed by atoms with Crippen molar-refractivity contribution in [2.24, 2.45) is 0 Å². The van der Waals surface area contributed by atoms with Gasteiger partial charge in [0.25, 0.3) is 5.91 Å². The molecule has 0 spiro atoms. The zero-order valence-electron chi connectivity index (χ0n) is 15.3. The fraction of sp³-hybridized carbons (Fsp3) is 0.0952. The van der Waals surface area contributed by atoms with Crippen LogP contribution in [0.4, 0.5) is 17.1 Å². The van der Waals surface area contributed by atoms with Gasteiger partial charge in [0, 0.05) is 16.9 Å². The normalized spacial score (nSPS) is 10.2. The molecule has 3 aromatic rings. The van der Waals surface area contributed by atoms with Gasteiger partial charge in [-0.2, -0.15) is 0 Å². The first-order valence-electron chi connectivity index (χ1n) is 8.45. The van der Waals surface area contributed by atoms with Gasteiger partial charge in [0.05, 0.1) is 24.0 Å². The molecule has 2 N–H and O–H groups in total. The molecule has 6 nitrogen and oxygen atoms in total. The second-order valence-corrected chi connectivity index (χ2v) is 6.40. The molecule has 2 aromatic carbocycles. The van der Waals surface area contributed by atoms with Crippen molar-refractivity contribution in [3.63, 3.8) is 0 Å². The van der Waals surface area contributed by atoms with Crippen molar-refractivity contribution < 1.29 is 14.3 Å². The number of hydrogen-bond donors (Lipinski definition) is 2. The third-order valence-electron chi connectivity index (χ3n) is 3.99. The average molecular weight is 396 g/mol. The number of amides is 1. The van der Waals surface area contributed by atoms with Gasteiger partial charge in [-0.05, 0) is 61.5 Å². The highest BCUT2D eigenvalue weighted by Gasteiger charge is 2.10. The van der Waals surface area contributed by atoms with Crippen molar-refractivity contribution in [1.82, 2.24) is 4.98 Å². The molecule has 0 bridgehead atoms. The largest absolute Gasteiger partial charge is 0.495 e. The number of benzene rings is 2. The first kappa shape index (κ1) is 19.4. The first-order valence-corrected chi connectivity index (χ1v) is 8.83. The Hall–Kier alpha value is -3.38. The van der Waals surface area contributed by atoms with Gasteiger partial charge in [0.1, 0.15) is 11.4 Å².